The fourth-order valence-electron chi connectivity index (χ4n) is 1.01. The van der Waals surface area contributed by atoms with Crippen LogP contribution in [0.25, 0.3) is 0 Å². The molecule has 0 radical (unpaired) electrons. The molecule has 0 aliphatic heterocycles. The van der Waals surface area contributed by atoms with E-state index in [0.29, 0.717) is 4.90 Å². The standard InChI is InChI=1S/C9H10O6S2/c1-14-15-16-7-2-4-8(5-3-7)17(12,13)6-9(10)11/h2-5H,6H2,1H3,(H,10,11)/p-1. The lowest BCUT2D eigenvalue weighted by molar-refractivity contribution is -0.301. The van der Waals surface area contributed by atoms with E-state index < -0.39 is 21.6 Å². The van der Waals surface area contributed by atoms with Crippen molar-refractivity contribution in [2.24, 2.45) is 0 Å². The lowest BCUT2D eigenvalue weighted by atomic mass is 10.4. The third-order valence-corrected chi connectivity index (χ3v) is 3.96. The number of sulfone groups is 1. The maximum Gasteiger partial charge on any atom is 0.183 e. The van der Waals surface area contributed by atoms with Gasteiger partial charge in [-0.25, -0.2) is 13.3 Å². The summed E-state index contributed by atoms with van der Waals surface area (Å²) in [5, 5.41) is 10.3. The molecule has 0 saturated heterocycles. The number of hydrogen-bond donors (Lipinski definition) is 0. The van der Waals surface area contributed by atoms with Crippen molar-refractivity contribution in [3.05, 3.63) is 24.3 Å². The third-order valence-electron chi connectivity index (χ3n) is 1.69. The molecule has 0 aromatic heterocycles. The average Bonchev–Trinajstić information content (AvgIpc) is 2.25. The number of benzene rings is 1. The van der Waals surface area contributed by atoms with Gasteiger partial charge in [0.05, 0.1) is 35.8 Å². The molecule has 0 N–H and O–H groups in total. The van der Waals surface area contributed by atoms with Crippen LogP contribution in [-0.2, 0) is 23.9 Å². The molecule has 0 saturated carbocycles. The highest BCUT2D eigenvalue weighted by Gasteiger charge is 2.14. The van der Waals surface area contributed by atoms with Gasteiger partial charge in [0.1, 0.15) is 0 Å². The Labute approximate surface area is 103 Å². The van der Waals surface area contributed by atoms with Gasteiger partial charge < -0.3 is 9.90 Å². The summed E-state index contributed by atoms with van der Waals surface area (Å²) in [6.07, 6.45) is 0. The fraction of sp³-hybridized carbons (Fsp3) is 0.222. The number of carboxylic acids is 1. The molecular formula is C9H9O6S2-. The second-order valence-electron chi connectivity index (χ2n) is 2.92. The topological polar surface area (TPSA) is 92.7 Å². The second kappa shape index (κ2) is 6.01. The van der Waals surface area contributed by atoms with Gasteiger partial charge in [0, 0.05) is 4.90 Å². The summed E-state index contributed by atoms with van der Waals surface area (Å²) in [6.45, 7) is 0. The van der Waals surface area contributed by atoms with Crippen LogP contribution in [0.15, 0.2) is 34.1 Å². The molecule has 8 heteroatoms. The Morgan fingerprint density at radius 3 is 2.41 bits per heavy atom. The number of carbonyl (C=O) groups excluding carboxylic acids is 1. The molecule has 0 bridgehead atoms. The van der Waals surface area contributed by atoms with Gasteiger partial charge in [0.25, 0.3) is 0 Å². The maximum atomic E-state index is 11.5. The Hall–Kier alpha value is -1.09. The van der Waals surface area contributed by atoms with E-state index in [1.165, 1.54) is 31.4 Å². The van der Waals surface area contributed by atoms with E-state index in [9.17, 15) is 18.3 Å². The van der Waals surface area contributed by atoms with Crippen LogP contribution in [-0.4, -0.2) is 27.2 Å². The Kier molecular flexibility index (Phi) is 4.94. The largest absolute Gasteiger partial charge is 0.549 e. The summed E-state index contributed by atoms with van der Waals surface area (Å²) in [5.41, 5.74) is 0. The number of rotatable bonds is 6. The van der Waals surface area contributed by atoms with Crippen LogP contribution in [0.4, 0.5) is 0 Å². The van der Waals surface area contributed by atoms with Gasteiger partial charge in [-0.05, 0) is 24.3 Å². The predicted octanol–water partition coefficient (Wildman–Crippen LogP) is -0.205. The van der Waals surface area contributed by atoms with Crippen molar-refractivity contribution in [3.63, 3.8) is 0 Å². The highest BCUT2D eigenvalue weighted by Crippen LogP contribution is 2.21. The minimum Gasteiger partial charge on any atom is -0.549 e. The average molecular weight is 277 g/mol. The van der Waals surface area contributed by atoms with E-state index in [0.717, 1.165) is 12.0 Å². The zero-order valence-electron chi connectivity index (χ0n) is 8.78. The molecule has 0 heterocycles. The lowest BCUT2D eigenvalue weighted by Crippen LogP contribution is -2.30. The molecule has 0 atom stereocenters. The van der Waals surface area contributed by atoms with E-state index in [-0.39, 0.29) is 4.90 Å². The van der Waals surface area contributed by atoms with Crippen LogP contribution in [0, 0.1) is 0 Å². The van der Waals surface area contributed by atoms with Gasteiger partial charge in [-0.3, -0.25) is 0 Å². The molecule has 17 heavy (non-hydrogen) atoms. The van der Waals surface area contributed by atoms with Crippen LogP contribution in [0.1, 0.15) is 0 Å². The van der Waals surface area contributed by atoms with Crippen LogP contribution in [0.2, 0.25) is 0 Å². The van der Waals surface area contributed by atoms with E-state index >= 15 is 0 Å². The molecule has 0 unspecified atom stereocenters. The molecular weight excluding hydrogens is 268 g/mol. The molecule has 0 aliphatic rings. The van der Waals surface area contributed by atoms with E-state index in [1.807, 2.05) is 0 Å². The number of carbonyl (C=O) groups is 1. The number of aliphatic carboxylic acids is 1. The van der Waals surface area contributed by atoms with Crippen molar-refractivity contribution < 1.29 is 27.5 Å². The number of carboxylic acid groups (broad SMARTS) is 1. The monoisotopic (exact) mass is 277 g/mol. The summed E-state index contributed by atoms with van der Waals surface area (Å²) in [5.74, 6) is -2.67. The Balaban J connectivity index is 2.83. The van der Waals surface area contributed by atoms with Crippen LogP contribution >= 0.6 is 12.0 Å². The van der Waals surface area contributed by atoms with Crippen LogP contribution in [0.3, 0.4) is 0 Å². The maximum absolute atomic E-state index is 11.5. The summed E-state index contributed by atoms with van der Waals surface area (Å²) in [4.78, 5) is 15.2. The Morgan fingerprint density at radius 2 is 1.94 bits per heavy atom. The summed E-state index contributed by atoms with van der Waals surface area (Å²) in [7, 11) is -2.50. The minimum absolute atomic E-state index is 0.0801. The van der Waals surface area contributed by atoms with Crippen molar-refractivity contribution >= 4 is 27.8 Å². The fourth-order valence-corrected chi connectivity index (χ4v) is 2.44. The highest BCUT2D eigenvalue weighted by atomic mass is 32.2. The smallest absolute Gasteiger partial charge is 0.183 e. The Bertz CT molecular complexity index is 479. The van der Waals surface area contributed by atoms with E-state index in [4.69, 9.17) is 0 Å². The summed E-state index contributed by atoms with van der Waals surface area (Å²) in [6, 6.07) is 5.54. The van der Waals surface area contributed by atoms with Gasteiger partial charge in [-0.2, -0.15) is 4.33 Å². The van der Waals surface area contributed by atoms with Gasteiger partial charge in [0.2, 0.25) is 0 Å². The molecule has 6 nitrogen and oxygen atoms in total. The third kappa shape index (κ3) is 4.35. The lowest BCUT2D eigenvalue weighted by Gasteiger charge is -2.05. The molecule has 0 fully saturated rings. The van der Waals surface area contributed by atoms with Gasteiger partial charge in [-0.1, -0.05) is 0 Å². The first-order chi connectivity index (χ1) is 7.95. The summed E-state index contributed by atoms with van der Waals surface area (Å²) < 4.78 is 27.5. The van der Waals surface area contributed by atoms with Crippen molar-refractivity contribution in [2.45, 2.75) is 9.79 Å². The normalized spacial score (nSPS) is 11.4. The molecule has 1 aromatic carbocycles. The quantitative estimate of drug-likeness (QED) is 0.403. The van der Waals surface area contributed by atoms with Gasteiger partial charge in [-0.15, -0.1) is 0 Å². The van der Waals surface area contributed by atoms with Gasteiger partial charge >= 0.3 is 0 Å². The molecule has 1 rings (SSSR count). The second-order valence-corrected chi connectivity index (χ2v) is 5.68. The zero-order chi connectivity index (χ0) is 12.9. The van der Waals surface area contributed by atoms with Gasteiger partial charge in [0.15, 0.2) is 9.84 Å². The molecule has 0 amide bonds. The number of hydrogen-bond acceptors (Lipinski definition) is 7. The van der Waals surface area contributed by atoms with Crippen LogP contribution < -0.4 is 5.11 Å². The molecule has 0 aliphatic carbocycles. The minimum atomic E-state index is -3.84. The molecule has 94 valence electrons. The highest BCUT2D eigenvalue weighted by molar-refractivity contribution is 7.94. The van der Waals surface area contributed by atoms with Crippen molar-refractivity contribution in [2.75, 3.05) is 12.9 Å². The first kappa shape index (κ1) is 14.0. The summed E-state index contributed by atoms with van der Waals surface area (Å²) >= 11 is 0.908. The molecule has 1 aromatic rings. The van der Waals surface area contributed by atoms with Crippen molar-refractivity contribution in [3.8, 4) is 0 Å². The first-order valence-corrected chi connectivity index (χ1v) is 6.75. The zero-order valence-corrected chi connectivity index (χ0v) is 10.4. The molecule has 0 spiro atoms. The van der Waals surface area contributed by atoms with Crippen molar-refractivity contribution in [1.82, 2.24) is 0 Å². The Morgan fingerprint density at radius 1 is 1.35 bits per heavy atom. The predicted molar refractivity (Wildman–Crippen MR) is 57.5 cm³/mol. The SMILES string of the molecule is COOSc1ccc(S(=O)(=O)CC(=O)[O-])cc1. The van der Waals surface area contributed by atoms with E-state index in [1.54, 1.807) is 0 Å². The van der Waals surface area contributed by atoms with Crippen molar-refractivity contribution in [1.29, 1.82) is 0 Å². The first-order valence-electron chi connectivity index (χ1n) is 4.36. The van der Waals surface area contributed by atoms with Crippen LogP contribution in [0.5, 0.6) is 0 Å². The van der Waals surface area contributed by atoms with E-state index in [2.05, 4.69) is 9.22 Å².